The summed E-state index contributed by atoms with van der Waals surface area (Å²) >= 11 is 0. The molecule has 1 fully saturated rings. The second kappa shape index (κ2) is 10.3. The van der Waals surface area contributed by atoms with Gasteiger partial charge in [-0.05, 0) is 32.0 Å². The smallest absolute Gasteiger partial charge is 0.409 e. The molecule has 0 bridgehead atoms. The third-order valence-corrected chi connectivity index (χ3v) is 3.92. The molecule has 1 aliphatic rings. The van der Waals surface area contributed by atoms with Crippen LogP contribution in [0.2, 0.25) is 0 Å². The first-order valence-electron chi connectivity index (χ1n) is 9.03. The summed E-state index contributed by atoms with van der Waals surface area (Å²) in [5, 5.41) is 5.77. The van der Waals surface area contributed by atoms with Crippen molar-refractivity contribution in [2.45, 2.75) is 13.8 Å². The van der Waals surface area contributed by atoms with Crippen molar-refractivity contribution in [3.8, 4) is 0 Å². The van der Waals surface area contributed by atoms with E-state index in [1.165, 1.54) is 18.2 Å². The number of guanidine groups is 1. The second-order valence-electron chi connectivity index (χ2n) is 5.90. The van der Waals surface area contributed by atoms with Crippen molar-refractivity contribution in [1.29, 1.82) is 0 Å². The molecule has 9 heteroatoms. The molecule has 148 valence electrons. The number of hydrogen-bond donors (Lipinski definition) is 2. The second-order valence-corrected chi connectivity index (χ2v) is 5.90. The van der Waals surface area contributed by atoms with Gasteiger partial charge in [-0.1, -0.05) is 6.07 Å². The first-order valence-corrected chi connectivity index (χ1v) is 9.03. The van der Waals surface area contributed by atoms with E-state index in [1.807, 2.05) is 11.8 Å². The summed E-state index contributed by atoms with van der Waals surface area (Å²) in [4.78, 5) is 31.8. The van der Waals surface area contributed by atoms with E-state index >= 15 is 0 Å². The number of hydrogen-bond acceptors (Lipinski definition) is 4. The van der Waals surface area contributed by atoms with Gasteiger partial charge in [0, 0.05) is 38.4 Å². The number of nitrogens with one attached hydrogen (secondary N) is 2. The van der Waals surface area contributed by atoms with Gasteiger partial charge in [0.25, 0.3) is 0 Å². The molecule has 1 aromatic carbocycles. The zero-order valence-electron chi connectivity index (χ0n) is 15.7. The normalized spacial score (nSPS) is 14.7. The number of carbonyl (C=O) groups excluding carboxylic acids is 2. The van der Waals surface area contributed by atoms with Crippen LogP contribution in [0.25, 0.3) is 0 Å². The van der Waals surface area contributed by atoms with Crippen molar-refractivity contribution < 1.29 is 18.7 Å². The van der Waals surface area contributed by atoms with Crippen molar-refractivity contribution in [3.05, 3.63) is 30.1 Å². The molecule has 0 unspecified atom stereocenters. The van der Waals surface area contributed by atoms with Crippen LogP contribution in [0.5, 0.6) is 0 Å². The van der Waals surface area contributed by atoms with Gasteiger partial charge < -0.3 is 25.2 Å². The van der Waals surface area contributed by atoms with E-state index in [2.05, 4.69) is 15.6 Å². The average Bonchev–Trinajstić information content (AvgIpc) is 2.65. The molecular weight excluding hydrogens is 353 g/mol. The monoisotopic (exact) mass is 379 g/mol. The largest absolute Gasteiger partial charge is 0.450 e. The first-order chi connectivity index (χ1) is 13.0. The topological polar surface area (TPSA) is 86.3 Å². The van der Waals surface area contributed by atoms with Crippen LogP contribution in [0.3, 0.4) is 0 Å². The van der Waals surface area contributed by atoms with Gasteiger partial charge in [-0.3, -0.25) is 4.79 Å². The predicted molar refractivity (Wildman–Crippen MR) is 101 cm³/mol. The third-order valence-electron chi connectivity index (χ3n) is 3.92. The number of ether oxygens (including phenoxy) is 1. The number of aliphatic imine (C=N–C) groups is 1. The maximum Gasteiger partial charge on any atom is 0.409 e. The molecule has 2 amide bonds. The average molecular weight is 379 g/mol. The minimum atomic E-state index is -0.413. The van der Waals surface area contributed by atoms with Gasteiger partial charge in [-0.2, -0.15) is 0 Å². The molecule has 0 saturated carbocycles. The molecule has 1 saturated heterocycles. The Morgan fingerprint density at radius 2 is 1.89 bits per heavy atom. The van der Waals surface area contributed by atoms with Gasteiger partial charge in [-0.25, -0.2) is 14.2 Å². The SMILES string of the molecule is CCNC(=NCC(=O)Nc1cccc(F)c1)N1CCN(C(=O)OCC)CC1. The number of rotatable bonds is 5. The van der Waals surface area contributed by atoms with Crippen molar-refractivity contribution in [2.24, 2.45) is 4.99 Å². The summed E-state index contributed by atoms with van der Waals surface area (Å²) in [5.41, 5.74) is 0.392. The number of piperazine rings is 1. The van der Waals surface area contributed by atoms with Crippen LogP contribution in [0.4, 0.5) is 14.9 Å². The molecule has 0 radical (unpaired) electrons. The lowest BCUT2D eigenvalue weighted by Crippen LogP contribution is -2.54. The van der Waals surface area contributed by atoms with Crippen LogP contribution in [0, 0.1) is 5.82 Å². The fraction of sp³-hybridized carbons (Fsp3) is 0.500. The third kappa shape index (κ3) is 6.43. The molecule has 0 atom stereocenters. The molecule has 8 nitrogen and oxygen atoms in total. The van der Waals surface area contributed by atoms with Gasteiger partial charge >= 0.3 is 6.09 Å². The minimum absolute atomic E-state index is 0.0864. The molecule has 0 aromatic heterocycles. The fourth-order valence-electron chi connectivity index (χ4n) is 2.65. The quantitative estimate of drug-likeness (QED) is 0.598. The highest BCUT2D eigenvalue weighted by Gasteiger charge is 2.23. The molecule has 0 spiro atoms. The number of anilines is 1. The fourth-order valence-corrected chi connectivity index (χ4v) is 2.65. The molecule has 27 heavy (non-hydrogen) atoms. The van der Waals surface area contributed by atoms with Crippen LogP contribution < -0.4 is 10.6 Å². The van der Waals surface area contributed by atoms with E-state index in [0.717, 1.165) is 0 Å². The Hall–Kier alpha value is -2.84. The van der Waals surface area contributed by atoms with Crippen LogP contribution in [0.1, 0.15) is 13.8 Å². The summed E-state index contributed by atoms with van der Waals surface area (Å²) in [6.07, 6.45) is -0.312. The van der Waals surface area contributed by atoms with Gasteiger partial charge in [-0.15, -0.1) is 0 Å². The Labute approximate surface area is 158 Å². The molecule has 1 heterocycles. The van der Waals surface area contributed by atoms with E-state index < -0.39 is 5.82 Å². The maximum atomic E-state index is 13.2. The lowest BCUT2D eigenvalue weighted by Gasteiger charge is -2.35. The first kappa shape index (κ1) is 20.5. The van der Waals surface area contributed by atoms with E-state index in [4.69, 9.17) is 4.74 Å². The van der Waals surface area contributed by atoms with Crippen molar-refractivity contribution in [2.75, 3.05) is 51.2 Å². The standard InChI is InChI=1S/C18H26FN5O3/c1-3-20-17(23-8-10-24(11-9-23)18(26)27-4-2)21-13-16(25)22-15-7-5-6-14(19)12-15/h5-7,12H,3-4,8-11,13H2,1-2H3,(H,20,21)(H,22,25). The summed E-state index contributed by atoms with van der Waals surface area (Å²) in [5.74, 6) is -0.138. The molecule has 1 aliphatic heterocycles. The molecular formula is C18H26FN5O3. The maximum absolute atomic E-state index is 13.2. The lowest BCUT2D eigenvalue weighted by atomic mass is 10.3. The Morgan fingerprint density at radius 3 is 2.52 bits per heavy atom. The van der Waals surface area contributed by atoms with Gasteiger partial charge in [0.1, 0.15) is 12.4 Å². The van der Waals surface area contributed by atoms with Crippen LogP contribution in [0.15, 0.2) is 29.3 Å². The summed E-state index contributed by atoms with van der Waals surface area (Å²) in [6, 6.07) is 5.71. The van der Waals surface area contributed by atoms with Gasteiger partial charge in [0.05, 0.1) is 6.61 Å². The van der Waals surface area contributed by atoms with E-state index in [-0.39, 0.29) is 18.5 Å². The Morgan fingerprint density at radius 1 is 1.19 bits per heavy atom. The minimum Gasteiger partial charge on any atom is -0.450 e. The summed E-state index contributed by atoms with van der Waals surface area (Å²) < 4.78 is 18.2. The van der Waals surface area contributed by atoms with Crippen molar-refractivity contribution in [1.82, 2.24) is 15.1 Å². The molecule has 2 rings (SSSR count). The number of amides is 2. The highest BCUT2D eigenvalue weighted by molar-refractivity contribution is 5.94. The number of halogens is 1. The van der Waals surface area contributed by atoms with Crippen LogP contribution in [-0.4, -0.2) is 73.6 Å². The van der Waals surface area contributed by atoms with Gasteiger partial charge in [0.2, 0.25) is 5.91 Å². The number of nitrogens with zero attached hydrogens (tertiary/aromatic N) is 3. The van der Waals surface area contributed by atoms with Crippen molar-refractivity contribution >= 4 is 23.6 Å². The Kier molecular flexibility index (Phi) is 7.84. The van der Waals surface area contributed by atoms with E-state index in [0.29, 0.717) is 51.0 Å². The highest BCUT2D eigenvalue weighted by atomic mass is 19.1. The van der Waals surface area contributed by atoms with Gasteiger partial charge in [0.15, 0.2) is 5.96 Å². The number of benzene rings is 1. The van der Waals surface area contributed by atoms with Crippen LogP contribution in [-0.2, 0) is 9.53 Å². The predicted octanol–water partition coefficient (Wildman–Crippen LogP) is 1.50. The summed E-state index contributed by atoms with van der Waals surface area (Å²) in [7, 11) is 0. The van der Waals surface area contributed by atoms with E-state index in [1.54, 1.807) is 17.9 Å². The Bertz CT molecular complexity index is 675. The number of carbonyl (C=O) groups is 2. The van der Waals surface area contributed by atoms with Crippen LogP contribution >= 0.6 is 0 Å². The summed E-state index contributed by atoms with van der Waals surface area (Å²) in [6.45, 7) is 6.88. The lowest BCUT2D eigenvalue weighted by molar-refractivity contribution is -0.114. The zero-order chi connectivity index (χ0) is 19.6. The van der Waals surface area contributed by atoms with Crippen molar-refractivity contribution in [3.63, 3.8) is 0 Å². The van der Waals surface area contributed by atoms with E-state index in [9.17, 15) is 14.0 Å². The molecule has 1 aromatic rings. The molecule has 2 N–H and O–H groups in total. The highest BCUT2D eigenvalue weighted by Crippen LogP contribution is 2.09. The molecule has 0 aliphatic carbocycles. The Balaban J connectivity index is 1.90. The zero-order valence-corrected chi connectivity index (χ0v) is 15.7.